The Kier molecular flexibility index (Phi) is 3.79. The average Bonchev–Trinajstić information content (AvgIpc) is 2.78. The van der Waals surface area contributed by atoms with E-state index in [0.717, 1.165) is 24.9 Å². The minimum absolute atomic E-state index is 0.0125. The number of likely N-dealkylation sites (tertiary alicyclic amines) is 1. The standard InChI is InChI=1S/C14H20N2O/c1-2-13(11-6-4-3-5-7-11)14(17)16-9-8-12(15)10-16/h3-7,12-13H,2,8-10,15H2,1H3/t12-,13-/m0/s1. The Morgan fingerprint density at radius 3 is 2.71 bits per heavy atom. The molecule has 1 aromatic carbocycles. The third-order valence-electron chi connectivity index (χ3n) is 3.44. The van der Waals surface area contributed by atoms with Gasteiger partial charge in [-0.3, -0.25) is 4.79 Å². The summed E-state index contributed by atoms with van der Waals surface area (Å²) in [6.07, 6.45) is 1.77. The fraction of sp³-hybridized carbons (Fsp3) is 0.500. The van der Waals surface area contributed by atoms with Crippen LogP contribution in [0, 0.1) is 0 Å². The molecule has 0 saturated carbocycles. The topological polar surface area (TPSA) is 46.3 Å². The molecule has 0 unspecified atom stereocenters. The highest BCUT2D eigenvalue weighted by Gasteiger charge is 2.29. The van der Waals surface area contributed by atoms with Crippen molar-refractivity contribution < 1.29 is 4.79 Å². The van der Waals surface area contributed by atoms with Crippen LogP contribution in [0.1, 0.15) is 31.2 Å². The van der Waals surface area contributed by atoms with Crippen LogP contribution in [0.4, 0.5) is 0 Å². The summed E-state index contributed by atoms with van der Waals surface area (Å²) in [6, 6.07) is 10.2. The number of carbonyl (C=O) groups excluding carboxylic acids is 1. The van der Waals surface area contributed by atoms with Gasteiger partial charge in [-0.2, -0.15) is 0 Å². The van der Waals surface area contributed by atoms with Gasteiger partial charge in [-0.25, -0.2) is 0 Å². The van der Waals surface area contributed by atoms with Crippen molar-refractivity contribution in [2.24, 2.45) is 5.73 Å². The number of carbonyl (C=O) groups is 1. The summed E-state index contributed by atoms with van der Waals surface area (Å²) in [5.41, 5.74) is 6.96. The number of nitrogens with two attached hydrogens (primary N) is 1. The van der Waals surface area contributed by atoms with Crippen LogP contribution >= 0.6 is 0 Å². The Morgan fingerprint density at radius 2 is 2.18 bits per heavy atom. The zero-order valence-corrected chi connectivity index (χ0v) is 10.3. The van der Waals surface area contributed by atoms with E-state index in [1.54, 1.807) is 0 Å². The highest BCUT2D eigenvalue weighted by molar-refractivity contribution is 5.84. The van der Waals surface area contributed by atoms with Gasteiger partial charge in [0.2, 0.25) is 5.91 Å². The predicted octanol–water partition coefficient (Wildman–Crippen LogP) is 1.74. The number of amides is 1. The summed E-state index contributed by atoms with van der Waals surface area (Å²) < 4.78 is 0. The molecule has 3 nitrogen and oxygen atoms in total. The van der Waals surface area contributed by atoms with Crippen molar-refractivity contribution >= 4 is 5.91 Å². The summed E-state index contributed by atoms with van der Waals surface area (Å²) in [5, 5.41) is 0. The molecule has 1 fully saturated rings. The van der Waals surface area contributed by atoms with Crippen LogP contribution in [0.3, 0.4) is 0 Å². The summed E-state index contributed by atoms with van der Waals surface area (Å²) in [6.45, 7) is 3.58. The van der Waals surface area contributed by atoms with Crippen molar-refractivity contribution in [2.45, 2.75) is 31.7 Å². The summed E-state index contributed by atoms with van der Waals surface area (Å²) in [4.78, 5) is 14.3. The van der Waals surface area contributed by atoms with Crippen LogP contribution < -0.4 is 5.73 Å². The minimum atomic E-state index is -0.0125. The van der Waals surface area contributed by atoms with Gasteiger partial charge in [0.25, 0.3) is 0 Å². The normalized spacial score (nSPS) is 21.5. The lowest BCUT2D eigenvalue weighted by Gasteiger charge is -2.22. The smallest absolute Gasteiger partial charge is 0.230 e. The summed E-state index contributed by atoms with van der Waals surface area (Å²) in [5.74, 6) is 0.216. The zero-order chi connectivity index (χ0) is 12.3. The predicted molar refractivity (Wildman–Crippen MR) is 68.6 cm³/mol. The maximum absolute atomic E-state index is 12.4. The van der Waals surface area contributed by atoms with Crippen LogP contribution in [0.5, 0.6) is 0 Å². The van der Waals surface area contributed by atoms with Gasteiger partial charge in [0, 0.05) is 19.1 Å². The van der Waals surface area contributed by atoms with E-state index in [4.69, 9.17) is 5.73 Å². The second-order valence-corrected chi connectivity index (χ2v) is 4.70. The molecule has 0 bridgehead atoms. The van der Waals surface area contributed by atoms with Crippen LogP contribution in [0.15, 0.2) is 30.3 Å². The molecule has 17 heavy (non-hydrogen) atoms. The molecule has 0 aliphatic carbocycles. The van der Waals surface area contributed by atoms with Gasteiger partial charge in [-0.05, 0) is 18.4 Å². The zero-order valence-electron chi connectivity index (χ0n) is 10.3. The first-order chi connectivity index (χ1) is 8.22. The highest BCUT2D eigenvalue weighted by Crippen LogP contribution is 2.23. The van der Waals surface area contributed by atoms with Crippen LogP contribution in [-0.4, -0.2) is 29.9 Å². The molecule has 0 radical (unpaired) electrons. The Balaban J connectivity index is 2.11. The number of rotatable bonds is 3. The number of hydrogen-bond acceptors (Lipinski definition) is 2. The molecule has 0 spiro atoms. The van der Waals surface area contributed by atoms with Crippen LogP contribution in [0.2, 0.25) is 0 Å². The molecular formula is C14H20N2O. The molecule has 0 aromatic heterocycles. The maximum atomic E-state index is 12.4. The molecule has 1 aliphatic rings. The maximum Gasteiger partial charge on any atom is 0.230 e. The fourth-order valence-electron chi connectivity index (χ4n) is 2.45. The van der Waals surface area contributed by atoms with Gasteiger partial charge in [0.15, 0.2) is 0 Å². The molecule has 2 atom stereocenters. The second-order valence-electron chi connectivity index (χ2n) is 4.70. The molecule has 1 amide bonds. The van der Waals surface area contributed by atoms with E-state index >= 15 is 0 Å². The van der Waals surface area contributed by atoms with Crippen molar-refractivity contribution in [1.29, 1.82) is 0 Å². The van der Waals surface area contributed by atoms with E-state index < -0.39 is 0 Å². The van der Waals surface area contributed by atoms with Gasteiger partial charge in [-0.15, -0.1) is 0 Å². The molecule has 1 heterocycles. The van der Waals surface area contributed by atoms with Crippen molar-refractivity contribution in [3.63, 3.8) is 0 Å². The number of benzene rings is 1. The minimum Gasteiger partial charge on any atom is -0.341 e. The van der Waals surface area contributed by atoms with E-state index in [2.05, 4.69) is 6.92 Å². The number of nitrogens with zero attached hydrogens (tertiary/aromatic N) is 1. The van der Waals surface area contributed by atoms with Crippen molar-refractivity contribution in [3.8, 4) is 0 Å². The van der Waals surface area contributed by atoms with Crippen molar-refractivity contribution in [3.05, 3.63) is 35.9 Å². The largest absolute Gasteiger partial charge is 0.341 e. The van der Waals surface area contributed by atoms with Gasteiger partial charge in [0.1, 0.15) is 0 Å². The molecule has 3 heteroatoms. The molecular weight excluding hydrogens is 212 g/mol. The lowest BCUT2D eigenvalue weighted by Crippen LogP contribution is -2.35. The van der Waals surface area contributed by atoms with E-state index in [9.17, 15) is 4.79 Å². The van der Waals surface area contributed by atoms with E-state index in [-0.39, 0.29) is 17.9 Å². The summed E-state index contributed by atoms with van der Waals surface area (Å²) >= 11 is 0. The molecule has 1 aromatic rings. The van der Waals surface area contributed by atoms with E-state index in [1.165, 1.54) is 0 Å². The lowest BCUT2D eigenvalue weighted by molar-refractivity contribution is -0.131. The van der Waals surface area contributed by atoms with E-state index in [0.29, 0.717) is 6.54 Å². The molecule has 2 N–H and O–H groups in total. The average molecular weight is 232 g/mol. The van der Waals surface area contributed by atoms with Gasteiger partial charge in [0.05, 0.1) is 5.92 Å². The Labute approximate surface area is 103 Å². The Bertz CT molecular complexity index is 377. The monoisotopic (exact) mass is 232 g/mol. The van der Waals surface area contributed by atoms with Crippen LogP contribution in [0.25, 0.3) is 0 Å². The summed E-state index contributed by atoms with van der Waals surface area (Å²) in [7, 11) is 0. The van der Waals surface area contributed by atoms with E-state index in [1.807, 2.05) is 35.2 Å². The molecule has 2 rings (SSSR count). The molecule has 1 aliphatic heterocycles. The third-order valence-corrected chi connectivity index (χ3v) is 3.44. The highest BCUT2D eigenvalue weighted by atomic mass is 16.2. The van der Waals surface area contributed by atoms with Crippen molar-refractivity contribution in [1.82, 2.24) is 4.90 Å². The first kappa shape index (κ1) is 12.1. The Morgan fingerprint density at radius 1 is 1.47 bits per heavy atom. The first-order valence-electron chi connectivity index (χ1n) is 6.31. The Hall–Kier alpha value is -1.35. The van der Waals surface area contributed by atoms with Crippen LogP contribution in [-0.2, 0) is 4.79 Å². The molecule has 1 saturated heterocycles. The van der Waals surface area contributed by atoms with Gasteiger partial charge in [-0.1, -0.05) is 37.3 Å². The van der Waals surface area contributed by atoms with Crippen molar-refractivity contribution in [2.75, 3.05) is 13.1 Å². The molecule has 92 valence electrons. The number of hydrogen-bond donors (Lipinski definition) is 1. The third kappa shape index (κ3) is 2.67. The lowest BCUT2D eigenvalue weighted by atomic mass is 9.95. The van der Waals surface area contributed by atoms with Gasteiger partial charge >= 0.3 is 0 Å². The SMILES string of the molecule is CC[C@H](C(=O)N1CC[C@H](N)C1)c1ccccc1. The van der Waals surface area contributed by atoms with Gasteiger partial charge < -0.3 is 10.6 Å². The fourth-order valence-corrected chi connectivity index (χ4v) is 2.45. The first-order valence-corrected chi connectivity index (χ1v) is 6.31. The quantitative estimate of drug-likeness (QED) is 0.863. The second kappa shape index (κ2) is 5.32.